The van der Waals surface area contributed by atoms with E-state index in [-0.39, 0.29) is 11.3 Å². The molecule has 0 aromatic carbocycles. The number of anilines is 1. The Labute approximate surface area is 181 Å². The van der Waals surface area contributed by atoms with Gasteiger partial charge in [0.2, 0.25) is 0 Å². The Morgan fingerprint density at radius 3 is 2.58 bits per heavy atom. The van der Waals surface area contributed by atoms with Crippen molar-refractivity contribution >= 4 is 11.3 Å². The lowest BCUT2D eigenvalue weighted by molar-refractivity contribution is -0.274. The summed E-state index contributed by atoms with van der Waals surface area (Å²) in [6.07, 6.45) is -5.20. The van der Waals surface area contributed by atoms with Crippen LogP contribution in [-0.2, 0) is 12.6 Å². The molecule has 1 aliphatic heterocycles. The molecule has 0 fully saturated rings. The number of aromatic amines is 1. The van der Waals surface area contributed by atoms with Gasteiger partial charge < -0.3 is 14.6 Å². The van der Waals surface area contributed by atoms with E-state index in [4.69, 9.17) is 0 Å². The molecule has 0 bridgehead atoms. The van der Waals surface area contributed by atoms with E-state index in [0.717, 1.165) is 18.0 Å². The number of rotatable bonds is 3. The molecular weight excluding hydrogens is 454 g/mol. The Morgan fingerprint density at radius 1 is 1.06 bits per heavy atom. The molecule has 0 spiro atoms. The first-order valence-corrected chi connectivity index (χ1v) is 9.66. The van der Waals surface area contributed by atoms with Gasteiger partial charge in [0, 0.05) is 31.1 Å². The van der Waals surface area contributed by atoms with Crippen molar-refractivity contribution in [3.63, 3.8) is 0 Å². The van der Waals surface area contributed by atoms with Gasteiger partial charge >= 0.3 is 12.5 Å². The van der Waals surface area contributed by atoms with Crippen molar-refractivity contribution < 1.29 is 31.1 Å². The topological polar surface area (TPSA) is 71.3 Å². The number of pyridine rings is 2. The summed E-state index contributed by atoms with van der Waals surface area (Å²) in [7, 11) is 0. The third-order valence-electron chi connectivity index (χ3n) is 5.28. The van der Waals surface area contributed by atoms with E-state index in [1.807, 2.05) is 0 Å². The molecule has 1 atom stereocenters. The highest BCUT2D eigenvalue weighted by Crippen LogP contribution is 2.38. The third kappa shape index (κ3) is 3.94. The van der Waals surface area contributed by atoms with Gasteiger partial charge in [0.25, 0.3) is 0 Å². The molecule has 7 nitrogen and oxygen atoms in total. The zero-order valence-electron chi connectivity index (χ0n) is 16.5. The summed E-state index contributed by atoms with van der Waals surface area (Å²) >= 11 is 0. The molecule has 0 saturated carbocycles. The van der Waals surface area contributed by atoms with Gasteiger partial charge in [-0.3, -0.25) is 0 Å². The molecular formula is C20H14F6N6O. The summed E-state index contributed by atoms with van der Waals surface area (Å²) in [5.41, 5.74) is 0.884. The molecule has 5 rings (SSSR count). The highest BCUT2D eigenvalue weighted by Gasteiger charge is 2.36. The number of hydrogen-bond donors (Lipinski definition) is 1. The lowest BCUT2D eigenvalue weighted by Gasteiger charge is -2.34. The van der Waals surface area contributed by atoms with Gasteiger partial charge in [-0.1, -0.05) is 0 Å². The van der Waals surface area contributed by atoms with Crippen LogP contribution in [-0.4, -0.2) is 37.5 Å². The molecule has 0 radical (unpaired) electrons. The molecule has 1 aliphatic rings. The maximum absolute atomic E-state index is 13.0. The first-order valence-electron chi connectivity index (χ1n) is 9.66. The highest BCUT2D eigenvalue weighted by atomic mass is 19.4. The van der Waals surface area contributed by atoms with Crippen molar-refractivity contribution in [2.45, 2.75) is 25.0 Å². The molecule has 0 aliphatic carbocycles. The second kappa shape index (κ2) is 7.39. The van der Waals surface area contributed by atoms with Crippen molar-refractivity contribution in [1.82, 2.24) is 24.6 Å². The fourth-order valence-electron chi connectivity index (χ4n) is 3.90. The summed E-state index contributed by atoms with van der Waals surface area (Å²) in [4.78, 5) is 13.1. The summed E-state index contributed by atoms with van der Waals surface area (Å²) in [5, 5.41) is 4.40. The van der Waals surface area contributed by atoms with Crippen LogP contribution in [0.1, 0.15) is 28.7 Å². The van der Waals surface area contributed by atoms with E-state index in [1.165, 1.54) is 41.3 Å². The Balaban J connectivity index is 1.59. The number of imidazole rings is 1. The number of halogens is 6. The molecule has 5 heterocycles. The SMILES string of the molecule is FC(F)(F)Oc1cccn2nc([C@H]3c4nc[nH]c4CCN3c3ccc(C(F)(F)F)cn3)cc12. The van der Waals surface area contributed by atoms with E-state index in [1.54, 1.807) is 4.90 Å². The minimum absolute atomic E-state index is 0.0767. The zero-order chi connectivity index (χ0) is 23.4. The highest BCUT2D eigenvalue weighted by molar-refractivity contribution is 5.62. The molecule has 4 aromatic heterocycles. The number of nitrogens with one attached hydrogen (secondary N) is 1. The second-order valence-corrected chi connectivity index (χ2v) is 7.33. The number of fused-ring (bicyclic) bond motifs is 2. The quantitative estimate of drug-likeness (QED) is 0.448. The van der Waals surface area contributed by atoms with E-state index in [9.17, 15) is 26.3 Å². The van der Waals surface area contributed by atoms with Crippen molar-refractivity contribution in [1.29, 1.82) is 0 Å². The third-order valence-corrected chi connectivity index (χ3v) is 5.28. The van der Waals surface area contributed by atoms with E-state index in [0.29, 0.717) is 24.4 Å². The summed E-state index contributed by atoms with van der Waals surface area (Å²) in [5.74, 6) is -0.175. The molecule has 1 N–H and O–H groups in total. The van der Waals surface area contributed by atoms with Crippen molar-refractivity contribution in [3.8, 4) is 5.75 Å². The van der Waals surface area contributed by atoms with Gasteiger partial charge in [0.05, 0.1) is 23.3 Å². The standard InChI is InChI=1S/C20H14F6N6O/c21-19(22,23)11-3-4-16(27-9-11)31-7-5-12-17(29-10-28-12)18(31)13-8-14-15(33-20(24,25)26)2-1-6-32(14)30-13/h1-4,6,8-10,18H,5,7H2,(H,28,29)/t18-/m0/s1. The summed E-state index contributed by atoms with van der Waals surface area (Å²) in [6.45, 7) is 0.373. The zero-order valence-corrected chi connectivity index (χ0v) is 16.5. The summed E-state index contributed by atoms with van der Waals surface area (Å²) < 4.78 is 82.7. The van der Waals surface area contributed by atoms with Crippen LogP contribution in [0.5, 0.6) is 5.75 Å². The lowest BCUT2D eigenvalue weighted by Crippen LogP contribution is -2.37. The molecule has 0 amide bonds. The Bertz CT molecular complexity index is 1290. The van der Waals surface area contributed by atoms with Gasteiger partial charge in [-0.15, -0.1) is 13.2 Å². The number of aromatic nitrogens is 5. The summed E-state index contributed by atoms with van der Waals surface area (Å²) in [6, 6.07) is 5.46. The smallest absolute Gasteiger partial charge is 0.403 e. The minimum atomic E-state index is -4.89. The van der Waals surface area contributed by atoms with Crippen LogP contribution in [0.2, 0.25) is 0 Å². The van der Waals surface area contributed by atoms with E-state index in [2.05, 4.69) is 24.8 Å². The maximum atomic E-state index is 13.0. The molecule has 13 heteroatoms. The molecule has 172 valence electrons. The Morgan fingerprint density at radius 2 is 1.88 bits per heavy atom. The van der Waals surface area contributed by atoms with Crippen molar-refractivity contribution in [2.24, 2.45) is 0 Å². The molecule has 0 saturated heterocycles. The van der Waals surface area contributed by atoms with Crippen molar-refractivity contribution in [3.05, 3.63) is 71.7 Å². The number of ether oxygens (including phenoxy) is 1. The lowest BCUT2D eigenvalue weighted by atomic mass is 9.99. The van der Waals surface area contributed by atoms with Gasteiger partial charge in [-0.25, -0.2) is 14.5 Å². The van der Waals surface area contributed by atoms with Crippen molar-refractivity contribution in [2.75, 3.05) is 11.4 Å². The fourth-order valence-corrected chi connectivity index (χ4v) is 3.90. The second-order valence-electron chi connectivity index (χ2n) is 7.33. The number of alkyl halides is 6. The van der Waals surface area contributed by atoms with Crippen LogP contribution < -0.4 is 9.64 Å². The van der Waals surface area contributed by atoms with E-state index >= 15 is 0 Å². The van der Waals surface area contributed by atoms with Gasteiger partial charge in [-0.2, -0.15) is 18.3 Å². The average Bonchev–Trinajstić information content (AvgIpc) is 3.39. The van der Waals surface area contributed by atoms with Crippen LogP contribution in [0.15, 0.2) is 49.1 Å². The molecule has 0 unspecified atom stereocenters. The normalized spacial score (nSPS) is 16.8. The number of H-pyrrole nitrogens is 1. The van der Waals surface area contributed by atoms with Crippen LogP contribution in [0.3, 0.4) is 0 Å². The monoisotopic (exact) mass is 468 g/mol. The first-order chi connectivity index (χ1) is 15.6. The maximum Gasteiger partial charge on any atom is 0.573 e. The number of nitrogens with zero attached hydrogens (tertiary/aromatic N) is 5. The molecule has 33 heavy (non-hydrogen) atoms. The van der Waals surface area contributed by atoms with Gasteiger partial charge in [0.15, 0.2) is 5.75 Å². The number of hydrogen-bond acceptors (Lipinski definition) is 5. The van der Waals surface area contributed by atoms with E-state index < -0.39 is 29.9 Å². The van der Waals surface area contributed by atoms with Crippen LogP contribution in [0.25, 0.3) is 5.52 Å². The Kier molecular flexibility index (Phi) is 4.72. The fraction of sp³-hybridized carbons (Fsp3) is 0.250. The van der Waals surface area contributed by atoms with Crippen LogP contribution in [0, 0.1) is 0 Å². The predicted octanol–water partition coefficient (Wildman–Crippen LogP) is 4.52. The van der Waals surface area contributed by atoms with Gasteiger partial charge in [-0.05, 0) is 30.3 Å². The van der Waals surface area contributed by atoms with Crippen LogP contribution in [0.4, 0.5) is 32.2 Å². The van der Waals surface area contributed by atoms with Gasteiger partial charge in [0.1, 0.15) is 17.4 Å². The molecule has 4 aromatic rings. The largest absolute Gasteiger partial charge is 0.573 e. The predicted molar refractivity (Wildman–Crippen MR) is 103 cm³/mol. The average molecular weight is 468 g/mol. The van der Waals surface area contributed by atoms with Crippen LogP contribution >= 0.6 is 0 Å². The first kappa shape index (κ1) is 21.1. The minimum Gasteiger partial charge on any atom is -0.403 e. The Hall–Kier alpha value is -3.77.